The van der Waals surface area contributed by atoms with E-state index in [2.05, 4.69) is 141 Å². The van der Waals surface area contributed by atoms with Gasteiger partial charge in [-0.1, -0.05) is 75.2 Å². The second-order valence-electron chi connectivity index (χ2n) is 7.94. The van der Waals surface area contributed by atoms with E-state index in [-0.39, 0.29) is 37.3 Å². The predicted octanol–water partition coefficient (Wildman–Crippen LogP) is 12.0. The van der Waals surface area contributed by atoms with Crippen LogP contribution in [0.1, 0.15) is 40.8 Å². The smallest absolute Gasteiger partial charge is 0.186 e. The molecule has 44 heavy (non-hydrogen) atoms. The van der Waals surface area contributed by atoms with Crippen LogP contribution in [0.25, 0.3) is 0 Å². The second-order valence-corrected chi connectivity index (χ2v) is 15.7. The second kappa shape index (κ2) is 23.5. The third-order valence-electron chi connectivity index (χ3n) is 4.87. The number of Topliss-reactive ketones (excluding diaryl/α,β-unsaturated/α-hetero) is 1. The maximum atomic E-state index is 13.1. The molecule has 0 bridgehead atoms. The molecule has 0 saturated heterocycles. The first-order chi connectivity index (χ1) is 20.3. The molecule has 0 aliphatic heterocycles. The van der Waals surface area contributed by atoms with Crippen molar-refractivity contribution in [1.29, 1.82) is 0 Å². The topological polar surface area (TPSA) is 63.1 Å². The summed E-state index contributed by atoms with van der Waals surface area (Å²) in [6.07, 6.45) is -0.985. The van der Waals surface area contributed by atoms with Crippen LogP contribution in [-0.2, 0) is 12.8 Å². The molecule has 0 saturated carbocycles. The van der Waals surface area contributed by atoms with Gasteiger partial charge in [0.15, 0.2) is 5.78 Å². The van der Waals surface area contributed by atoms with Gasteiger partial charge in [0, 0.05) is 33.9 Å². The summed E-state index contributed by atoms with van der Waals surface area (Å²) < 4.78 is 55.7. The number of carbonyl (C=O) groups excluding carboxylic acids is 1. The molecule has 240 valence electrons. The van der Waals surface area contributed by atoms with Crippen LogP contribution in [0.4, 0.5) is 17.6 Å². The van der Waals surface area contributed by atoms with Crippen molar-refractivity contribution in [2.45, 2.75) is 26.4 Å². The Labute approximate surface area is 328 Å². The summed E-state index contributed by atoms with van der Waals surface area (Å²) in [5, 5.41) is 10.1. The number of benzene rings is 2. The first-order valence-corrected chi connectivity index (χ1v) is 20.0. The lowest BCUT2D eigenvalue weighted by atomic mass is 10.0. The summed E-state index contributed by atoms with van der Waals surface area (Å²) in [6, 6.07) is 13.0. The Kier molecular flexibility index (Phi) is 23.6. The predicted molar refractivity (Wildman–Crippen MR) is 208 cm³/mol. The molecule has 0 aliphatic carbocycles. The molecule has 0 amide bonds. The summed E-state index contributed by atoms with van der Waals surface area (Å²) in [5.41, 5.74) is 1.29. The van der Waals surface area contributed by atoms with Crippen molar-refractivity contribution in [1.82, 2.24) is 9.97 Å². The van der Waals surface area contributed by atoms with Gasteiger partial charge in [0.1, 0.15) is 44.3 Å². The summed E-state index contributed by atoms with van der Waals surface area (Å²) in [4.78, 5) is 22.2. The number of hydrogen-bond acceptors (Lipinski definition) is 4. The number of pyridine rings is 2. The van der Waals surface area contributed by atoms with Gasteiger partial charge in [-0.05, 0) is 128 Å². The molecule has 0 aliphatic rings. The third-order valence-corrected chi connectivity index (χ3v) is 7.06. The van der Waals surface area contributed by atoms with E-state index < -0.39 is 29.4 Å². The van der Waals surface area contributed by atoms with Crippen molar-refractivity contribution in [3.8, 4) is 0 Å². The van der Waals surface area contributed by atoms with Crippen LogP contribution in [0.3, 0.4) is 0 Å². The van der Waals surface area contributed by atoms with Gasteiger partial charge in [0.2, 0.25) is 0 Å². The van der Waals surface area contributed by atoms with Gasteiger partial charge in [-0.25, -0.2) is 27.5 Å². The highest BCUT2D eigenvalue weighted by atomic mass is 127. The number of carbonyl (C=O) groups is 1. The Morgan fingerprint density at radius 2 is 1.16 bits per heavy atom. The molecule has 2 aromatic carbocycles. The quantitative estimate of drug-likeness (QED) is 0.0687. The average Bonchev–Trinajstić information content (AvgIpc) is 2.92. The van der Waals surface area contributed by atoms with E-state index in [0.29, 0.717) is 29.4 Å². The molecule has 1 N–H and O–H groups in total. The Hall–Kier alpha value is 0.200. The SMILES string of the molecule is C.CI.ICI.O=C(Cc1cc(F)cc(F)c1)c1nc(Br)ccc1Br.O[C@H](Cc1cc(F)cc(F)c1)c1nc(Br)ccc1Br. The van der Waals surface area contributed by atoms with Crippen molar-refractivity contribution in [3.63, 3.8) is 0 Å². The molecule has 0 fully saturated rings. The Morgan fingerprint density at radius 1 is 0.750 bits per heavy atom. The number of ketones is 1. The van der Waals surface area contributed by atoms with Gasteiger partial charge in [-0.15, -0.1) is 0 Å². The first-order valence-electron chi connectivity index (χ1n) is 11.6. The fourth-order valence-corrected chi connectivity index (χ4v) is 4.87. The van der Waals surface area contributed by atoms with Gasteiger partial charge in [0.05, 0.1) is 8.13 Å². The van der Waals surface area contributed by atoms with Gasteiger partial charge >= 0.3 is 0 Å². The molecule has 4 rings (SSSR count). The first kappa shape index (κ1) is 44.2. The lowest BCUT2D eigenvalue weighted by Crippen LogP contribution is -2.07. The van der Waals surface area contributed by atoms with Crippen LogP contribution < -0.4 is 0 Å². The molecule has 2 heterocycles. The largest absolute Gasteiger partial charge is 0.386 e. The summed E-state index contributed by atoms with van der Waals surface area (Å²) >= 11 is 19.6. The van der Waals surface area contributed by atoms with Crippen LogP contribution in [-0.4, -0.2) is 28.2 Å². The van der Waals surface area contributed by atoms with Crippen molar-refractivity contribution < 1.29 is 27.5 Å². The third kappa shape index (κ3) is 16.3. The summed E-state index contributed by atoms with van der Waals surface area (Å²) in [7, 11) is 0. The fraction of sp³-hybridized carbons (Fsp3) is 0.207. The lowest BCUT2D eigenvalue weighted by molar-refractivity contribution is 0.0987. The highest BCUT2D eigenvalue weighted by Crippen LogP contribution is 2.26. The minimum Gasteiger partial charge on any atom is -0.386 e. The lowest BCUT2D eigenvalue weighted by Gasteiger charge is -2.12. The zero-order valence-electron chi connectivity index (χ0n) is 21.9. The maximum absolute atomic E-state index is 13.1. The molecule has 0 unspecified atom stereocenters. The van der Waals surface area contributed by atoms with Crippen LogP contribution in [0.15, 0.2) is 78.8 Å². The Morgan fingerprint density at radius 3 is 1.64 bits per heavy atom. The van der Waals surface area contributed by atoms with Crippen molar-refractivity contribution >= 4 is 137 Å². The molecule has 4 nitrogen and oxygen atoms in total. The van der Waals surface area contributed by atoms with E-state index in [1.54, 1.807) is 24.3 Å². The summed E-state index contributed by atoms with van der Waals surface area (Å²) in [5.74, 6) is -3.06. The molecule has 4 aromatic rings. The number of alkyl halides is 3. The minimum absolute atomic E-state index is 0. The number of aromatic nitrogens is 2. The van der Waals surface area contributed by atoms with Crippen molar-refractivity contribution in [2.24, 2.45) is 0 Å². The Balaban J connectivity index is 0.000000719. The van der Waals surface area contributed by atoms with Crippen LogP contribution in [0.2, 0.25) is 0 Å². The van der Waals surface area contributed by atoms with Gasteiger partial charge in [-0.3, -0.25) is 4.79 Å². The highest BCUT2D eigenvalue weighted by molar-refractivity contribution is 14.2. The summed E-state index contributed by atoms with van der Waals surface area (Å²) in [6.45, 7) is 0. The van der Waals surface area contributed by atoms with E-state index in [0.717, 1.165) is 24.3 Å². The normalized spacial score (nSPS) is 10.5. The number of nitrogens with zero attached hydrogens (tertiary/aromatic N) is 2. The van der Waals surface area contributed by atoms with E-state index in [1.807, 2.05) is 4.93 Å². The van der Waals surface area contributed by atoms with Crippen LogP contribution in [0.5, 0.6) is 0 Å². The minimum atomic E-state index is -0.951. The van der Waals surface area contributed by atoms with E-state index in [4.69, 9.17) is 0 Å². The van der Waals surface area contributed by atoms with Crippen molar-refractivity contribution in [3.05, 3.63) is 125 Å². The number of halogens is 11. The van der Waals surface area contributed by atoms with Crippen LogP contribution in [0, 0.1) is 23.3 Å². The standard InChI is InChI=1S/C13H9Br2F2NO.C13H7Br2F2NO.CH2I2.CH3I.CH4/c2*14-10-1-2-12(15)18-13(10)11(19)5-7-3-8(16)6-9(17)4-7;2-1-3;1-2;/h1-4,6,11,19H,5H2;1-4,6H,5H2;1H2;1H3;1H4/t11-;;;;/m1..../s1. The van der Waals surface area contributed by atoms with Gasteiger partial charge in [0.25, 0.3) is 0 Å². The van der Waals surface area contributed by atoms with Crippen LogP contribution >= 0.6 is 131 Å². The highest BCUT2D eigenvalue weighted by Gasteiger charge is 2.16. The molecule has 15 heteroatoms. The molecule has 2 aromatic heterocycles. The van der Waals surface area contributed by atoms with Gasteiger partial charge < -0.3 is 5.11 Å². The van der Waals surface area contributed by atoms with E-state index in [9.17, 15) is 27.5 Å². The average molecular weight is 1210 g/mol. The Bertz CT molecular complexity index is 1470. The number of rotatable bonds is 6. The zero-order chi connectivity index (χ0) is 32.7. The molecular formula is C29H25Br4F4I3N2O2. The maximum Gasteiger partial charge on any atom is 0.186 e. The van der Waals surface area contributed by atoms with E-state index in [1.165, 1.54) is 14.6 Å². The zero-order valence-corrected chi connectivity index (χ0v) is 34.7. The van der Waals surface area contributed by atoms with Crippen molar-refractivity contribution in [2.75, 3.05) is 7.36 Å². The fourth-order valence-electron chi connectivity index (χ4n) is 3.31. The van der Waals surface area contributed by atoms with Gasteiger partial charge in [-0.2, -0.15) is 0 Å². The molecule has 0 spiro atoms. The van der Waals surface area contributed by atoms with E-state index >= 15 is 0 Å². The number of aliphatic hydroxyl groups is 1. The molecule has 0 radical (unpaired) electrons. The molecular weight excluding hydrogens is 1180 g/mol. The number of aliphatic hydroxyl groups excluding tert-OH is 1. The number of hydrogen-bond donors (Lipinski definition) is 1. The molecule has 1 atom stereocenters. The monoisotopic (exact) mass is 1210 g/mol.